The normalized spacial score (nSPS) is 12.4. The van der Waals surface area contributed by atoms with Crippen LogP contribution in [0.5, 0.6) is 0 Å². The lowest BCUT2D eigenvalue weighted by atomic mass is 10.3. The standard InChI is InChI=1S/C9H13NO4/c1-13-6-8(11)4-10-9(12)7-2-3-14-5-7/h2-3,5,8,11H,4,6H2,1H3,(H,10,12). The Bertz CT molecular complexity index is 270. The molecule has 14 heavy (non-hydrogen) atoms. The van der Waals surface area contributed by atoms with Gasteiger partial charge in [-0.1, -0.05) is 0 Å². The molecule has 78 valence electrons. The van der Waals surface area contributed by atoms with E-state index in [4.69, 9.17) is 9.15 Å². The Hall–Kier alpha value is -1.33. The van der Waals surface area contributed by atoms with E-state index in [0.29, 0.717) is 5.56 Å². The molecule has 0 fully saturated rings. The smallest absolute Gasteiger partial charge is 0.254 e. The average molecular weight is 199 g/mol. The number of rotatable bonds is 5. The monoisotopic (exact) mass is 199 g/mol. The summed E-state index contributed by atoms with van der Waals surface area (Å²) in [5.74, 6) is -0.270. The van der Waals surface area contributed by atoms with Gasteiger partial charge in [-0.15, -0.1) is 0 Å². The van der Waals surface area contributed by atoms with Crippen LogP contribution in [0, 0.1) is 0 Å². The third-order valence-electron chi connectivity index (χ3n) is 1.64. The number of methoxy groups -OCH3 is 1. The number of aliphatic hydroxyl groups excluding tert-OH is 1. The summed E-state index contributed by atoms with van der Waals surface area (Å²) in [4.78, 5) is 11.3. The molecule has 1 aromatic rings. The van der Waals surface area contributed by atoms with E-state index in [2.05, 4.69) is 5.32 Å². The van der Waals surface area contributed by atoms with Gasteiger partial charge in [-0.2, -0.15) is 0 Å². The number of furan rings is 1. The zero-order valence-corrected chi connectivity index (χ0v) is 7.90. The number of ether oxygens (including phenoxy) is 1. The van der Waals surface area contributed by atoms with Crippen molar-refractivity contribution in [3.05, 3.63) is 24.2 Å². The zero-order chi connectivity index (χ0) is 10.4. The Morgan fingerprint density at radius 2 is 2.57 bits per heavy atom. The van der Waals surface area contributed by atoms with Crippen LogP contribution in [-0.4, -0.2) is 37.4 Å². The molecule has 0 aliphatic heterocycles. The second-order valence-electron chi connectivity index (χ2n) is 2.83. The second-order valence-corrected chi connectivity index (χ2v) is 2.83. The van der Waals surface area contributed by atoms with E-state index in [0.717, 1.165) is 0 Å². The molecule has 1 aromatic heterocycles. The van der Waals surface area contributed by atoms with Crippen LogP contribution in [0.1, 0.15) is 10.4 Å². The minimum absolute atomic E-state index is 0.165. The van der Waals surface area contributed by atoms with Crippen molar-refractivity contribution in [3.63, 3.8) is 0 Å². The van der Waals surface area contributed by atoms with Crippen LogP contribution in [-0.2, 0) is 4.74 Å². The van der Waals surface area contributed by atoms with Crippen molar-refractivity contribution in [2.45, 2.75) is 6.10 Å². The van der Waals surface area contributed by atoms with Crippen LogP contribution >= 0.6 is 0 Å². The first-order valence-electron chi connectivity index (χ1n) is 4.21. The summed E-state index contributed by atoms with van der Waals surface area (Å²) < 4.78 is 9.45. The van der Waals surface area contributed by atoms with E-state index >= 15 is 0 Å². The van der Waals surface area contributed by atoms with Crippen LogP contribution in [0.4, 0.5) is 0 Å². The molecule has 1 amide bonds. The van der Waals surface area contributed by atoms with Crippen LogP contribution in [0.3, 0.4) is 0 Å². The van der Waals surface area contributed by atoms with Gasteiger partial charge in [0.05, 0.1) is 24.5 Å². The molecule has 2 N–H and O–H groups in total. The minimum atomic E-state index is -0.684. The molecule has 0 spiro atoms. The second kappa shape index (κ2) is 5.41. The fraction of sp³-hybridized carbons (Fsp3) is 0.444. The molecule has 1 rings (SSSR count). The van der Waals surface area contributed by atoms with Crippen molar-refractivity contribution in [1.82, 2.24) is 5.32 Å². The molecule has 0 saturated carbocycles. The van der Waals surface area contributed by atoms with Crippen LogP contribution < -0.4 is 5.32 Å². The van der Waals surface area contributed by atoms with Crippen molar-refractivity contribution < 1.29 is 19.1 Å². The van der Waals surface area contributed by atoms with Crippen LogP contribution in [0.15, 0.2) is 23.0 Å². The summed E-state index contributed by atoms with van der Waals surface area (Å²) in [5, 5.41) is 11.8. The van der Waals surface area contributed by atoms with Crippen LogP contribution in [0.2, 0.25) is 0 Å². The number of amides is 1. The summed E-state index contributed by atoms with van der Waals surface area (Å²) >= 11 is 0. The largest absolute Gasteiger partial charge is 0.472 e. The zero-order valence-electron chi connectivity index (χ0n) is 7.90. The molecule has 1 atom stereocenters. The van der Waals surface area contributed by atoms with Gasteiger partial charge in [-0.25, -0.2) is 0 Å². The van der Waals surface area contributed by atoms with Crippen molar-refractivity contribution in [2.75, 3.05) is 20.3 Å². The number of nitrogens with one attached hydrogen (secondary N) is 1. The fourth-order valence-electron chi connectivity index (χ4n) is 0.958. The number of carbonyl (C=O) groups excluding carboxylic acids is 1. The molecule has 0 aromatic carbocycles. The summed E-state index contributed by atoms with van der Waals surface area (Å²) in [5.41, 5.74) is 0.439. The van der Waals surface area contributed by atoms with Gasteiger partial charge in [-0.05, 0) is 6.07 Å². The molecule has 5 heteroatoms. The highest BCUT2D eigenvalue weighted by Gasteiger charge is 2.09. The summed E-state index contributed by atoms with van der Waals surface area (Å²) in [6.45, 7) is 0.365. The maximum absolute atomic E-state index is 11.3. The molecule has 0 radical (unpaired) electrons. The first kappa shape index (κ1) is 10.7. The fourth-order valence-corrected chi connectivity index (χ4v) is 0.958. The Balaban J connectivity index is 2.28. The van der Waals surface area contributed by atoms with Crippen molar-refractivity contribution in [2.24, 2.45) is 0 Å². The lowest BCUT2D eigenvalue weighted by molar-refractivity contribution is 0.0609. The molecule has 0 bridgehead atoms. The van der Waals surface area contributed by atoms with E-state index in [9.17, 15) is 9.90 Å². The molecule has 1 heterocycles. The number of aliphatic hydroxyl groups is 1. The number of hydrogen-bond donors (Lipinski definition) is 2. The molecule has 1 unspecified atom stereocenters. The van der Waals surface area contributed by atoms with Gasteiger partial charge in [0, 0.05) is 13.7 Å². The highest BCUT2D eigenvalue weighted by Crippen LogP contribution is 1.98. The highest BCUT2D eigenvalue weighted by atomic mass is 16.5. The van der Waals surface area contributed by atoms with E-state index < -0.39 is 6.10 Å². The maximum Gasteiger partial charge on any atom is 0.254 e. The summed E-state index contributed by atoms with van der Waals surface area (Å²) in [7, 11) is 1.49. The first-order chi connectivity index (χ1) is 6.74. The lowest BCUT2D eigenvalue weighted by Crippen LogP contribution is -2.34. The van der Waals surface area contributed by atoms with Gasteiger partial charge < -0.3 is 19.6 Å². The quantitative estimate of drug-likeness (QED) is 0.701. The minimum Gasteiger partial charge on any atom is -0.472 e. The Morgan fingerprint density at radius 3 is 3.14 bits per heavy atom. The highest BCUT2D eigenvalue weighted by molar-refractivity contribution is 5.93. The molecule has 0 aliphatic carbocycles. The van der Waals surface area contributed by atoms with Gasteiger partial charge in [0.1, 0.15) is 6.26 Å². The van der Waals surface area contributed by atoms with Gasteiger partial charge in [0.25, 0.3) is 5.91 Å². The molecular weight excluding hydrogens is 186 g/mol. The van der Waals surface area contributed by atoms with Gasteiger partial charge >= 0.3 is 0 Å². The van der Waals surface area contributed by atoms with Gasteiger partial charge in [0.2, 0.25) is 0 Å². The SMILES string of the molecule is COCC(O)CNC(=O)c1ccoc1. The third-order valence-corrected chi connectivity index (χ3v) is 1.64. The predicted molar refractivity (Wildman–Crippen MR) is 48.9 cm³/mol. The molecule has 5 nitrogen and oxygen atoms in total. The maximum atomic E-state index is 11.3. The van der Waals surface area contributed by atoms with Gasteiger partial charge in [-0.3, -0.25) is 4.79 Å². The van der Waals surface area contributed by atoms with Crippen molar-refractivity contribution in [1.29, 1.82) is 0 Å². The predicted octanol–water partition coefficient (Wildman–Crippen LogP) is 0.0167. The Labute approximate surface area is 81.7 Å². The first-order valence-corrected chi connectivity index (χ1v) is 4.21. The summed E-state index contributed by atoms with van der Waals surface area (Å²) in [6, 6.07) is 1.55. The summed E-state index contributed by atoms with van der Waals surface area (Å²) in [6.07, 6.45) is 2.08. The van der Waals surface area contributed by atoms with Crippen molar-refractivity contribution in [3.8, 4) is 0 Å². The Kier molecular flexibility index (Phi) is 4.15. The third kappa shape index (κ3) is 3.20. The van der Waals surface area contributed by atoms with Crippen molar-refractivity contribution >= 4 is 5.91 Å². The van der Waals surface area contributed by atoms with Gasteiger partial charge in [0.15, 0.2) is 0 Å². The lowest BCUT2D eigenvalue weighted by Gasteiger charge is -2.09. The number of hydrogen-bond acceptors (Lipinski definition) is 4. The van der Waals surface area contributed by atoms with E-state index in [1.807, 2.05) is 0 Å². The Morgan fingerprint density at radius 1 is 1.79 bits per heavy atom. The van der Waals surface area contributed by atoms with Crippen LogP contribution in [0.25, 0.3) is 0 Å². The van der Waals surface area contributed by atoms with E-state index in [-0.39, 0.29) is 19.1 Å². The van der Waals surface area contributed by atoms with E-state index in [1.54, 1.807) is 6.07 Å². The molecule has 0 aliphatic rings. The molecule has 0 saturated heterocycles. The molecular formula is C9H13NO4. The average Bonchev–Trinajstić information content (AvgIpc) is 2.67. The topological polar surface area (TPSA) is 71.7 Å². The number of carbonyl (C=O) groups is 1. The van der Waals surface area contributed by atoms with E-state index in [1.165, 1.54) is 19.6 Å².